The van der Waals surface area contributed by atoms with E-state index in [4.69, 9.17) is 21.9 Å². The van der Waals surface area contributed by atoms with E-state index >= 15 is 0 Å². The molecule has 6 heteroatoms. The maximum absolute atomic E-state index is 13.1. The Kier molecular flexibility index (Phi) is 2.32. The van der Waals surface area contributed by atoms with Gasteiger partial charge in [0.25, 0.3) is 0 Å². The summed E-state index contributed by atoms with van der Waals surface area (Å²) in [5, 5.41) is 3.06. The van der Waals surface area contributed by atoms with Crippen molar-refractivity contribution in [2.45, 2.75) is 0 Å². The molecule has 0 spiro atoms. The fourth-order valence-electron chi connectivity index (χ4n) is 1.13. The normalized spacial score (nSPS) is 10.6. The third kappa shape index (κ3) is 1.66. The average Bonchev–Trinajstić information content (AvgIpc) is 2.61. The minimum atomic E-state index is -1.12. The summed E-state index contributed by atoms with van der Waals surface area (Å²) in [6.07, 6.45) is 0. The molecule has 0 aliphatic carbocycles. The smallest absolute Gasteiger partial charge is 0.178 e. The summed E-state index contributed by atoms with van der Waals surface area (Å²) in [7, 11) is 0. The second-order valence-electron chi connectivity index (χ2n) is 2.84. The number of halogens is 3. The molecule has 0 aliphatic rings. The van der Waals surface area contributed by atoms with Crippen LogP contribution < -0.4 is 5.73 Å². The number of nitrogen functional groups attached to an aromatic ring is 1. The van der Waals surface area contributed by atoms with Crippen LogP contribution >= 0.6 is 11.6 Å². The highest BCUT2D eigenvalue weighted by atomic mass is 35.5. The first-order chi connectivity index (χ1) is 7.09. The molecule has 2 rings (SSSR count). The van der Waals surface area contributed by atoms with Gasteiger partial charge in [-0.25, -0.2) is 8.78 Å². The van der Waals surface area contributed by atoms with E-state index in [9.17, 15) is 8.78 Å². The zero-order valence-corrected chi connectivity index (χ0v) is 8.05. The fraction of sp³-hybridized carbons (Fsp3) is 0. The topological polar surface area (TPSA) is 52.0 Å². The molecular formula is C9H5ClF2N2O. The van der Waals surface area contributed by atoms with Crippen molar-refractivity contribution < 1.29 is 13.3 Å². The maximum atomic E-state index is 13.1. The summed E-state index contributed by atoms with van der Waals surface area (Å²) < 4.78 is 30.6. The Labute approximate surface area is 88.4 Å². The lowest BCUT2D eigenvalue weighted by Crippen LogP contribution is -1.87. The third-order valence-corrected chi connectivity index (χ3v) is 2.20. The fourth-order valence-corrected chi connectivity index (χ4v) is 1.38. The van der Waals surface area contributed by atoms with Crippen LogP contribution in [0.2, 0.25) is 5.02 Å². The second kappa shape index (κ2) is 3.51. The number of anilines is 1. The van der Waals surface area contributed by atoms with Gasteiger partial charge in [0, 0.05) is 11.6 Å². The van der Waals surface area contributed by atoms with Crippen molar-refractivity contribution in [1.29, 1.82) is 0 Å². The van der Waals surface area contributed by atoms with Gasteiger partial charge in [-0.05, 0) is 12.1 Å². The Balaban J connectivity index is 2.59. The van der Waals surface area contributed by atoms with E-state index in [0.29, 0.717) is 0 Å². The molecule has 0 bridgehead atoms. The Morgan fingerprint density at radius 1 is 1.33 bits per heavy atom. The molecule has 3 nitrogen and oxygen atoms in total. The number of benzene rings is 1. The molecule has 15 heavy (non-hydrogen) atoms. The highest BCUT2D eigenvalue weighted by molar-refractivity contribution is 6.33. The van der Waals surface area contributed by atoms with Crippen molar-refractivity contribution in [2.24, 2.45) is 0 Å². The molecule has 0 radical (unpaired) electrons. The molecule has 78 valence electrons. The summed E-state index contributed by atoms with van der Waals surface area (Å²) >= 11 is 5.60. The number of aromatic nitrogens is 1. The van der Waals surface area contributed by atoms with Crippen LogP contribution in [0.15, 0.2) is 22.7 Å². The van der Waals surface area contributed by atoms with Crippen LogP contribution in [0.25, 0.3) is 11.3 Å². The lowest BCUT2D eigenvalue weighted by atomic mass is 10.1. The van der Waals surface area contributed by atoms with Crippen molar-refractivity contribution in [1.82, 2.24) is 5.16 Å². The van der Waals surface area contributed by atoms with Crippen molar-refractivity contribution >= 4 is 17.4 Å². The van der Waals surface area contributed by atoms with E-state index < -0.39 is 11.6 Å². The van der Waals surface area contributed by atoms with Crippen LogP contribution in [0, 0.1) is 11.6 Å². The zero-order chi connectivity index (χ0) is 11.0. The largest absolute Gasteiger partial charge is 0.381 e. The van der Waals surface area contributed by atoms with Gasteiger partial charge >= 0.3 is 0 Å². The van der Waals surface area contributed by atoms with E-state index in [2.05, 4.69) is 5.16 Å². The highest BCUT2D eigenvalue weighted by Crippen LogP contribution is 2.31. The van der Waals surface area contributed by atoms with Crippen LogP contribution in [0.5, 0.6) is 0 Å². The predicted molar refractivity (Wildman–Crippen MR) is 51.3 cm³/mol. The maximum Gasteiger partial charge on any atom is 0.178 e. The van der Waals surface area contributed by atoms with Crippen LogP contribution in [0.3, 0.4) is 0 Å². The van der Waals surface area contributed by atoms with Crippen molar-refractivity contribution in [3.05, 3.63) is 34.9 Å². The van der Waals surface area contributed by atoms with E-state index in [1.165, 1.54) is 12.1 Å². The van der Waals surface area contributed by atoms with Crippen molar-refractivity contribution in [3.63, 3.8) is 0 Å². The standard InChI is InChI=1S/C9H5ClF2N2O/c10-8-4(1-2-5(11)9(8)12)6-3-7(13)14-15-6/h1-3H,(H2,13,14). The SMILES string of the molecule is Nc1cc(-c2ccc(F)c(F)c2Cl)on1. The van der Waals surface area contributed by atoms with Crippen LogP contribution in [-0.4, -0.2) is 5.16 Å². The van der Waals surface area contributed by atoms with Crippen LogP contribution in [0.4, 0.5) is 14.6 Å². The minimum absolute atomic E-state index is 0.144. The summed E-state index contributed by atoms with van der Waals surface area (Å²) in [4.78, 5) is 0. The van der Waals surface area contributed by atoms with Gasteiger partial charge in [-0.2, -0.15) is 0 Å². The Bertz CT molecular complexity index is 513. The van der Waals surface area contributed by atoms with Crippen molar-refractivity contribution in [3.8, 4) is 11.3 Å². The average molecular weight is 231 g/mol. The molecule has 1 aromatic heterocycles. The van der Waals surface area contributed by atoms with Gasteiger partial charge in [0.15, 0.2) is 23.2 Å². The van der Waals surface area contributed by atoms with E-state index in [1.807, 2.05) is 0 Å². The summed E-state index contributed by atoms with van der Waals surface area (Å²) in [6, 6.07) is 3.62. The molecule has 2 aromatic rings. The summed E-state index contributed by atoms with van der Waals surface area (Å²) in [5.74, 6) is -1.80. The van der Waals surface area contributed by atoms with Crippen LogP contribution in [0.1, 0.15) is 0 Å². The number of rotatable bonds is 1. The van der Waals surface area contributed by atoms with Gasteiger partial charge in [-0.15, -0.1) is 0 Å². The first-order valence-corrected chi connectivity index (χ1v) is 4.33. The zero-order valence-electron chi connectivity index (χ0n) is 7.30. The molecule has 0 atom stereocenters. The first kappa shape index (κ1) is 9.92. The minimum Gasteiger partial charge on any atom is -0.381 e. The molecule has 0 fully saturated rings. The Morgan fingerprint density at radius 2 is 2.07 bits per heavy atom. The quantitative estimate of drug-likeness (QED) is 0.767. The molecule has 0 aliphatic heterocycles. The van der Waals surface area contributed by atoms with Gasteiger partial charge in [-0.1, -0.05) is 16.8 Å². The van der Waals surface area contributed by atoms with Gasteiger partial charge < -0.3 is 10.3 Å². The molecule has 1 heterocycles. The van der Waals surface area contributed by atoms with E-state index in [1.54, 1.807) is 0 Å². The second-order valence-corrected chi connectivity index (χ2v) is 3.22. The molecule has 2 N–H and O–H groups in total. The van der Waals surface area contributed by atoms with Gasteiger partial charge in [-0.3, -0.25) is 0 Å². The highest BCUT2D eigenvalue weighted by Gasteiger charge is 2.15. The molecule has 0 unspecified atom stereocenters. The van der Waals surface area contributed by atoms with Gasteiger partial charge in [0.1, 0.15) is 0 Å². The van der Waals surface area contributed by atoms with E-state index in [0.717, 1.165) is 6.07 Å². The molecule has 0 amide bonds. The van der Waals surface area contributed by atoms with Gasteiger partial charge in [0.05, 0.1) is 5.02 Å². The Morgan fingerprint density at radius 3 is 2.67 bits per heavy atom. The number of nitrogens with two attached hydrogens (primary N) is 1. The molecular weight excluding hydrogens is 226 g/mol. The lowest BCUT2D eigenvalue weighted by Gasteiger charge is -2.01. The monoisotopic (exact) mass is 230 g/mol. The predicted octanol–water partition coefficient (Wildman–Crippen LogP) is 2.86. The molecule has 0 saturated heterocycles. The number of hydrogen-bond donors (Lipinski definition) is 1. The van der Waals surface area contributed by atoms with Gasteiger partial charge in [0.2, 0.25) is 0 Å². The van der Waals surface area contributed by atoms with E-state index in [-0.39, 0.29) is 22.2 Å². The Hall–Kier alpha value is -1.62. The lowest BCUT2D eigenvalue weighted by molar-refractivity contribution is 0.435. The summed E-state index contributed by atoms with van der Waals surface area (Å²) in [6.45, 7) is 0. The molecule has 1 aromatic carbocycles. The number of hydrogen-bond acceptors (Lipinski definition) is 3. The van der Waals surface area contributed by atoms with Crippen LogP contribution in [-0.2, 0) is 0 Å². The first-order valence-electron chi connectivity index (χ1n) is 3.95. The number of nitrogens with zero attached hydrogens (tertiary/aromatic N) is 1. The van der Waals surface area contributed by atoms with Crippen molar-refractivity contribution in [2.75, 3.05) is 5.73 Å². The summed E-state index contributed by atoms with van der Waals surface area (Å²) in [5.41, 5.74) is 5.53. The third-order valence-electron chi connectivity index (χ3n) is 1.83. The molecule has 0 saturated carbocycles.